The van der Waals surface area contributed by atoms with Crippen molar-refractivity contribution in [2.75, 3.05) is 0 Å². The fourth-order valence-electron chi connectivity index (χ4n) is 10.9. The summed E-state index contributed by atoms with van der Waals surface area (Å²) >= 11 is 0. The van der Waals surface area contributed by atoms with Gasteiger partial charge in [-0.2, -0.15) is 0 Å². The van der Waals surface area contributed by atoms with E-state index in [1.54, 1.807) is 51.4 Å². The zero-order valence-electron chi connectivity index (χ0n) is 49.3. The molecule has 0 aliphatic heterocycles. The molecule has 0 aromatic rings. The molecule has 0 heteroatoms. The van der Waals surface area contributed by atoms with Gasteiger partial charge in [0.25, 0.3) is 0 Å². The third-order valence-corrected chi connectivity index (χ3v) is 16.3. The van der Waals surface area contributed by atoms with Crippen molar-refractivity contribution in [2.45, 2.75) is 338 Å². The summed E-state index contributed by atoms with van der Waals surface area (Å²) in [7, 11) is 0. The Labute approximate surface area is 412 Å². The summed E-state index contributed by atoms with van der Waals surface area (Å²) in [4.78, 5) is 0. The predicted octanol–water partition coefficient (Wildman–Crippen LogP) is 23.8. The van der Waals surface area contributed by atoms with Crippen LogP contribution < -0.4 is 0 Å². The standard InChI is InChI=1S/C9H16.C8H14.C8H16.2C7H14.C6H12.C6H14.C5H12.C4H10.2C2H6/c1-2-8-5-7-3-4-9(8)6-7;1-6-4-7-2-3-8(6)5-7;1-2-8-6-4-3-5-7-8;1-7-5-3-2-4-6-7;1-2-7-5-3-4-6-7;1-6-4-2-3-5-6;1-5-6(2,3)4;1-4-5(2)3;1-4(2)3;2*1-2/h7-9H,2-6H2,1H3;6-8H,2-5H2,1H3;8H,2-7H2,1H3;2*7H,2-6H2,1H3;6H,2-5H2,1H3;5H2,1-4H3;5H,4H2,1-3H3;4H,1-3H3;2*1-2H3/t;6-,7?,8?;;;;;;;;;/m.0........./s1. The van der Waals surface area contributed by atoms with Crippen LogP contribution in [0.5, 0.6) is 0 Å². The number of rotatable bonds is 4. The second kappa shape index (κ2) is 45.4. The van der Waals surface area contributed by atoms with E-state index < -0.39 is 0 Å². The SMILES string of the molecule is CC.CC.CC(C)C.CC1CCCC1.CC1CCCCC1.CCC(C)(C)C.CCC(C)C.CCC1CC2CCC1C2.CCC1CCCC1.CCC1CCCCC1.C[C@H]1CC2CCC1C2. The molecule has 4 bridgehead atoms. The molecule has 5 unspecified atom stereocenters. The summed E-state index contributed by atoms with van der Waals surface area (Å²) in [5, 5.41) is 0. The van der Waals surface area contributed by atoms with Crippen molar-refractivity contribution in [1.82, 2.24) is 0 Å². The van der Waals surface area contributed by atoms with Crippen molar-refractivity contribution in [3.8, 4) is 0 Å². The average molecular weight is 904 g/mol. The fraction of sp³-hybridized carbons (Fsp3) is 1.00. The number of fused-ring (bicyclic) bond motifs is 4. The van der Waals surface area contributed by atoms with Gasteiger partial charge >= 0.3 is 0 Å². The van der Waals surface area contributed by atoms with Crippen molar-refractivity contribution in [3.05, 3.63) is 0 Å². The Kier molecular flexibility index (Phi) is 48.5. The Hall–Kier alpha value is 0. The van der Waals surface area contributed by atoms with Gasteiger partial charge in [0.1, 0.15) is 0 Å². The van der Waals surface area contributed by atoms with E-state index in [9.17, 15) is 0 Å². The van der Waals surface area contributed by atoms with Gasteiger partial charge in [-0.1, -0.05) is 299 Å². The Morgan fingerprint density at radius 3 is 0.859 bits per heavy atom. The minimum absolute atomic E-state index is 0.542. The maximum Gasteiger partial charge on any atom is -0.0383 e. The molecule has 8 rings (SSSR count). The molecule has 8 aliphatic carbocycles. The lowest BCUT2D eigenvalue weighted by Gasteiger charge is -2.18. The normalized spacial score (nSPS) is 26.7. The molecule has 0 radical (unpaired) electrons. The van der Waals surface area contributed by atoms with Crippen molar-refractivity contribution in [2.24, 2.45) is 76.4 Å². The highest BCUT2D eigenvalue weighted by Gasteiger charge is 2.38. The highest BCUT2D eigenvalue weighted by molar-refractivity contribution is 4.89. The molecule has 0 aromatic heterocycles. The predicted molar refractivity (Wildman–Crippen MR) is 301 cm³/mol. The molecule has 8 saturated carbocycles. The highest BCUT2D eigenvalue weighted by Crippen LogP contribution is 2.49. The minimum Gasteiger partial charge on any atom is -0.0683 e. The smallest absolute Gasteiger partial charge is 0.0383 e. The van der Waals surface area contributed by atoms with Crippen LogP contribution in [0, 0.1) is 76.4 Å². The lowest BCUT2D eigenvalue weighted by molar-refractivity contribution is 0.324. The summed E-state index contributed by atoms with van der Waals surface area (Å²) in [5.74, 6) is 12.8. The summed E-state index contributed by atoms with van der Waals surface area (Å²) < 4.78 is 0. The lowest BCUT2D eigenvalue weighted by atomic mass is 9.87. The van der Waals surface area contributed by atoms with E-state index in [0.29, 0.717) is 5.41 Å². The van der Waals surface area contributed by atoms with Crippen LogP contribution in [0.2, 0.25) is 0 Å². The van der Waals surface area contributed by atoms with Gasteiger partial charge < -0.3 is 0 Å². The molecule has 0 aromatic carbocycles. The summed E-state index contributed by atoms with van der Waals surface area (Å²) in [6.07, 6.45) is 46.3. The molecule has 0 N–H and O–H groups in total. The summed E-state index contributed by atoms with van der Waals surface area (Å²) in [5.41, 5.74) is 0.542. The molecule has 0 nitrogen and oxygen atoms in total. The third kappa shape index (κ3) is 41.0. The van der Waals surface area contributed by atoms with Crippen LogP contribution in [-0.2, 0) is 0 Å². The molecule has 6 atom stereocenters. The quantitative estimate of drug-likeness (QED) is 0.264. The van der Waals surface area contributed by atoms with Crippen molar-refractivity contribution >= 4 is 0 Å². The topological polar surface area (TPSA) is 0 Å². The Balaban J connectivity index is -0.000000653. The lowest BCUT2D eigenvalue weighted by Crippen LogP contribution is -2.08. The van der Waals surface area contributed by atoms with Crippen LogP contribution in [0.4, 0.5) is 0 Å². The van der Waals surface area contributed by atoms with Crippen LogP contribution >= 0.6 is 0 Å². The molecule has 390 valence electrons. The summed E-state index contributed by atoms with van der Waals surface area (Å²) in [6.45, 7) is 44.2. The Bertz CT molecular complexity index is 861. The zero-order valence-corrected chi connectivity index (χ0v) is 49.3. The van der Waals surface area contributed by atoms with Crippen molar-refractivity contribution in [1.29, 1.82) is 0 Å². The average Bonchev–Trinajstić information content (AvgIpc) is 4.19. The van der Waals surface area contributed by atoms with Gasteiger partial charge in [0.05, 0.1) is 0 Å². The summed E-state index contributed by atoms with van der Waals surface area (Å²) in [6, 6.07) is 0. The van der Waals surface area contributed by atoms with Gasteiger partial charge in [-0.3, -0.25) is 0 Å². The van der Waals surface area contributed by atoms with E-state index >= 15 is 0 Å². The molecule has 0 saturated heterocycles. The molecule has 64 heavy (non-hydrogen) atoms. The van der Waals surface area contributed by atoms with E-state index in [1.165, 1.54) is 148 Å². The maximum atomic E-state index is 2.42. The highest BCUT2D eigenvalue weighted by atomic mass is 14.4. The number of hydrogen-bond acceptors (Lipinski definition) is 0. The molecule has 0 amide bonds. The van der Waals surface area contributed by atoms with Gasteiger partial charge in [0, 0.05) is 0 Å². The Morgan fingerprint density at radius 1 is 0.406 bits per heavy atom. The second-order valence-corrected chi connectivity index (χ2v) is 24.5. The largest absolute Gasteiger partial charge is 0.0683 e. The molecule has 0 spiro atoms. The van der Waals surface area contributed by atoms with E-state index in [0.717, 1.165) is 71.0 Å². The fourth-order valence-corrected chi connectivity index (χ4v) is 10.9. The van der Waals surface area contributed by atoms with E-state index in [2.05, 4.69) is 111 Å². The van der Waals surface area contributed by atoms with E-state index in [4.69, 9.17) is 0 Å². The minimum atomic E-state index is 0.542. The van der Waals surface area contributed by atoms with Gasteiger partial charge in [-0.15, -0.1) is 0 Å². The van der Waals surface area contributed by atoms with Crippen molar-refractivity contribution < 1.29 is 0 Å². The van der Waals surface area contributed by atoms with Gasteiger partial charge in [-0.05, 0) is 115 Å². The van der Waals surface area contributed by atoms with Crippen LogP contribution in [0.3, 0.4) is 0 Å². The van der Waals surface area contributed by atoms with Crippen molar-refractivity contribution in [3.63, 3.8) is 0 Å². The monoisotopic (exact) mass is 903 g/mol. The van der Waals surface area contributed by atoms with Gasteiger partial charge in [0.15, 0.2) is 0 Å². The molecule has 0 heterocycles. The van der Waals surface area contributed by atoms with Gasteiger partial charge in [-0.25, -0.2) is 0 Å². The third-order valence-electron chi connectivity index (χ3n) is 16.3. The first-order valence-electron chi connectivity index (χ1n) is 30.5. The molecule has 8 fully saturated rings. The van der Waals surface area contributed by atoms with Crippen LogP contribution in [0.25, 0.3) is 0 Å². The number of hydrogen-bond donors (Lipinski definition) is 0. The van der Waals surface area contributed by atoms with Crippen LogP contribution in [0.15, 0.2) is 0 Å². The van der Waals surface area contributed by atoms with E-state index in [1.807, 2.05) is 27.7 Å². The van der Waals surface area contributed by atoms with Crippen LogP contribution in [-0.4, -0.2) is 0 Å². The molecular weight excluding hydrogens is 769 g/mol. The second-order valence-electron chi connectivity index (χ2n) is 24.5. The molecular formula is C64H134. The first-order valence-corrected chi connectivity index (χ1v) is 30.5. The molecule has 8 aliphatic rings. The zero-order chi connectivity index (χ0) is 49.3. The van der Waals surface area contributed by atoms with E-state index in [-0.39, 0.29) is 0 Å². The first kappa shape index (κ1) is 68.3. The van der Waals surface area contributed by atoms with Crippen LogP contribution in [0.1, 0.15) is 338 Å². The maximum absolute atomic E-state index is 2.42. The van der Waals surface area contributed by atoms with Gasteiger partial charge in [0.2, 0.25) is 0 Å². The Morgan fingerprint density at radius 2 is 0.719 bits per heavy atom. The first-order chi connectivity index (χ1) is 30.5.